The van der Waals surface area contributed by atoms with Crippen molar-refractivity contribution in [3.05, 3.63) is 29.1 Å². The number of carboxylic acids is 1. The molecule has 0 amide bonds. The molecule has 1 fully saturated rings. The van der Waals surface area contributed by atoms with Crippen molar-refractivity contribution in [2.45, 2.75) is 18.2 Å². The molecule has 5 nitrogen and oxygen atoms in total. The lowest BCUT2D eigenvalue weighted by molar-refractivity contribution is 0.0691. The fraction of sp³-hybridized carbons (Fsp3) is 0.462. The molecule has 0 aliphatic carbocycles. The zero-order valence-electron chi connectivity index (χ0n) is 11.4. The number of hydrogen-bond donors (Lipinski definition) is 2. The summed E-state index contributed by atoms with van der Waals surface area (Å²) in [6, 6.07) is 2.00. The minimum Gasteiger partial charge on any atom is -0.478 e. The second-order valence-electron chi connectivity index (χ2n) is 4.99. The van der Waals surface area contributed by atoms with Gasteiger partial charge in [-0.1, -0.05) is 0 Å². The maximum atomic E-state index is 13.7. The highest BCUT2D eigenvalue weighted by molar-refractivity contribution is 7.99. The van der Waals surface area contributed by atoms with Crippen LogP contribution in [0.3, 0.4) is 0 Å². The highest BCUT2D eigenvalue weighted by atomic mass is 32.2. The number of thioether (sulfide) groups is 1. The van der Waals surface area contributed by atoms with Crippen LogP contribution in [0, 0.1) is 18.7 Å². The Bertz CT molecular complexity index is 654. The molecule has 1 aromatic carbocycles. The fourth-order valence-corrected chi connectivity index (χ4v) is 4.61. The Morgan fingerprint density at radius 2 is 2.24 bits per heavy atom. The molecule has 1 saturated heterocycles. The summed E-state index contributed by atoms with van der Waals surface area (Å²) in [4.78, 5) is 10.7. The molecule has 8 heteroatoms. The Morgan fingerprint density at radius 3 is 2.81 bits per heavy atom. The van der Waals surface area contributed by atoms with E-state index < -0.39 is 27.4 Å². The van der Waals surface area contributed by atoms with Crippen LogP contribution in [0.2, 0.25) is 0 Å². The van der Waals surface area contributed by atoms with Gasteiger partial charge < -0.3 is 5.11 Å². The highest BCUT2D eigenvalue weighted by Crippen LogP contribution is 2.24. The number of nitrogens with one attached hydrogen (secondary N) is 1. The first-order chi connectivity index (χ1) is 9.81. The number of benzene rings is 1. The summed E-state index contributed by atoms with van der Waals surface area (Å²) in [7, 11) is -3.83. The standard InChI is InChI=1S/C13H16FNO4S2/c1-8-4-10(5-11(12(8)14)13(16)17)21(18,19)15-6-9-2-3-20-7-9/h4-5,9,15H,2-3,6-7H2,1H3,(H,16,17). The summed E-state index contributed by atoms with van der Waals surface area (Å²) in [5.74, 6) is -0.185. The van der Waals surface area contributed by atoms with Crippen molar-refractivity contribution in [1.29, 1.82) is 0 Å². The van der Waals surface area contributed by atoms with Gasteiger partial charge in [-0.15, -0.1) is 0 Å². The Hall–Kier alpha value is -1.12. The van der Waals surface area contributed by atoms with E-state index in [9.17, 15) is 17.6 Å². The molecule has 0 saturated carbocycles. The molecule has 1 heterocycles. The number of rotatable bonds is 5. The Kier molecular flexibility index (Phi) is 4.90. The predicted octanol–water partition coefficient (Wildman–Crippen LogP) is 1.86. The van der Waals surface area contributed by atoms with Crippen LogP contribution < -0.4 is 4.72 Å². The van der Waals surface area contributed by atoms with E-state index in [1.165, 1.54) is 6.92 Å². The Morgan fingerprint density at radius 1 is 1.52 bits per heavy atom. The molecule has 1 unspecified atom stereocenters. The lowest BCUT2D eigenvalue weighted by Gasteiger charge is -2.12. The molecule has 21 heavy (non-hydrogen) atoms. The molecule has 2 rings (SSSR count). The maximum absolute atomic E-state index is 13.7. The number of aryl methyl sites for hydroxylation is 1. The smallest absolute Gasteiger partial charge is 0.338 e. The van der Waals surface area contributed by atoms with Crippen LogP contribution in [0.4, 0.5) is 4.39 Å². The number of hydrogen-bond acceptors (Lipinski definition) is 4. The average molecular weight is 333 g/mol. The number of sulfonamides is 1. The fourth-order valence-electron chi connectivity index (χ4n) is 2.10. The van der Waals surface area contributed by atoms with E-state index in [1.54, 1.807) is 11.8 Å². The number of carboxylic acid groups (broad SMARTS) is 1. The topological polar surface area (TPSA) is 83.5 Å². The van der Waals surface area contributed by atoms with Crippen LogP contribution in [-0.4, -0.2) is 37.5 Å². The van der Waals surface area contributed by atoms with Gasteiger partial charge in [-0.05, 0) is 48.5 Å². The third-order valence-electron chi connectivity index (χ3n) is 3.35. The van der Waals surface area contributed by atoms with E-state index in [4.69, 9.17) is 5.11 Å². The van der Waals surface area contributed by atoms with E-state index in [1.807, 2.05) is 0 Å². The van der Waals surface area contributed by atoms with Crippen molar-refractivity contribution in [3.63, 3.8) is 0 Å². The summed E-state index contributed by atoms with van der Waals surface area (Å²) in [5.41, 5.74) is -0.640. The first kappa shape index (κ1) is 16.3. The van der Waals surface area contributed by atoms with Gasteiger partial charge in [0.2, 0.25) is 10.0 Å². The first-order valence-corrected chi connectivity index (χ1v) is 9.06. The molecular weight excluding hydrogens is 317 g/mol. The van der Waals surface area contributed by atoms with E-state index in [2.05, 4.69) is 4.72 Å². The molecule has 1 aromatic rings. The predicted molar refractivity (Wildman–Crippen MR) is 78.7 cm³/mol. The van der Waals surface area contributed by atoms with Crippen LogP contribution in [-0.2, 0) is 10.0 Å². The van der Waals surface area contributed by atoms with Gasteiger partial charge in [-0.3, -0.25) is 0 Å². The average Bonchev–Trinajstić information content (AvgIpc) is 2.92. The molecule has 2 N–H and O–H groups in total. The summed E-state index contributed by atoms with van der Waals surface area (Å²) >= 11 is 1.78. The van der Waals surface area contributed by atoms with Crippen LogP contribution in [0.5, 0.6) is 0 Å². The first-order valence-electron chi connectivity index (χ1n) is 6.42. The maximum Gasteiger partial charge on any atom is 0.338 e. The molecule has 0 aromatic heterocycles. The lowest BCUT2D eigenvalue weighted by atomic mass is 10.1. The van der Waals surface area contributed by atoms with E-state index >= 15 is 0 Å². The van der Waals surface area contributed by atoms with Gasteiger partial charge in [-0.2, -0.15) is 11.8 Å². The quantitative estimate of drug-likeness (QED) is 0.859. The molecule has 1 aliphatic heterocycles. The number of aromatic carboxylic acids is 1. The molecule has 0 spiro atoms. The van der Waals surface area contributed by atoms with E-state index in [0.717, 1.165) is 30.1 Å². The van der Waals surface area contributed by atoms with Crippen LogP contribution >= 0.6 is 11.8 Å². The van der Waals surface area contributed by atoms with Crippen LogP contribution in [0.15, 0.2) is 17.0 Å². The molecular formula is C13H16FNO4S2. The summed E-state index contributed by atoms with van der Waals surface area (Å²) in [6.45, 7) is 1.66. The second-order valence-corrected chi connectivity index (χ2v) is 7.91. The van der Waals surface area contributed by atoms with Crippen molar-refractivity contribution in [1.82, 2.24) is 4.72 Å². The summed E-state index contributed by atoms with van der Waals surface area (Å²) in [5, 5.41) is 8.92. The van der Waals surface area contributed by atoms with Crippen molar-refractivity contribution in [2.75, 3.05) is 18.1 Å². The third-order valence-corrected chi connectivity index (χ3v) is 5.99. The third kappa shape index (κ3) is 3.75. The van der Waals surface area contributed by atoms with Crippen LogP contribution in [0.25, 0.3) is 0 Å². The largest absolute Gasteiger partial charge is 0.478 e. The minimum absolute atomic E-state index is 0.00769. The van der Waals surface area contributed by atoms with Gasteiger partial charge in [0.25, 0.3) is 0 Å². The SMILES string of the molecule is Cc1cc(S(=O)(=O)NCC2CCSC2)cc(C(=O)O)c1F. The molecule has 116 valence electrons. The summed E-state index contributed by atoms with van der Waals surface area (Å²) in [6.07, 6.45) is 0.954. The highest BCUT2D eigenvalue weighted by Gasteiger charge is 2.23. The van der Waals surface area contributed by atoms with Gasteiger partial charge in [0.05, 0.1) is 10.5 Å². The number of halogens is 1. The van der Waals surface area contributed by atoms with E-state index in [0.29, 0.717) is 6.54 Å². The molecule has 0 radical (unpaired) electrons. The van der Waals surface area contributed by atoms with Crippen molar-refractivity contribution in [3.8, 4) is 0 Å². The Balaban J connectivity index is 2.24. The summed E-state index contributed by atoms with van der Waals surface area (Å²) < 4.78 is 40.5. The number of carbonyl (C=O) groups is 1. The molecule has 1 aliphatic rings. The van der Waals surface area contributed by atoms with Crippen LogP contribution in [0.1, 0.15) is 22.3 Å². The van der Waals surface area contributed by atoms with Gasteiger partial charge >= 0.3 is 5.97 Å². The minimum atomic E-state index is -3.83. The lowest BCUT2D eigenvalue weighted by Crippen LogP contribution is -2.29. The normalized spacial score (nSPS) is 18.9. The zero-order chi connectivity index (χ0) is 15.6. The van der Waals surface area contributed by atoms with E-state index in [-0.39, 0.29) is 16.4 Å². The van der Waals surface area contributed by atoms with Crippen molar-refractivity contribution in [2.24, 2.45) is 5.92 Å². The van der Waals surface area contributed by atoms with Gasteiger partial charge in [-0.25, -0.2) is 22.3 Å². The van der Waals surface area contributed by atoms with Crippen molar-refractivity contribution >= 4 is 27.8 Å². The zero-order valence-corrected chi connectivity index (χ0v) is 13.1. The monoisotopic (exact) mass is 333 g/mol. The second kappa shape index (κ2) is 6.33. The molecule has 1 atom stereocenters. The van der Waals surface area contributed by atoms with Gasteiger partial charge in [0, 0.05) is 6.54 Å². The van der Waals surface area contributed by atoms with Crippen molar-refractivity contribution < 1.29 is 22.7 Å². The molecule has 0 bridgehead atoms. The van der Waals surface area contributed by atoms with Gasteiger partial charge in [0.1, 0.15) is 5.82 Å². The Labute approximate surface area is 127 Å². The van der Waals surface area contributed by atoms with Gasteiger partial charge in [0.15, 0.2) is 0 Å².